The Bertz CT molecular complexity index is 966. The van der Waals surface area contributed by atoms with Gasteiger partial charge >= 0.3 is 0 Å². The number of anilines is 1. The number of aromatic nitrogens is 2. The van der Waals surface area contributed by atoms with Gasteiger partial charge in [0.1, 0.15) is 5.52 Å². The van der Waals surface area contributed by atoms with Crippen molar-refractivity contribution in [3.63, 3.8) is 0 Å². The molecule has 1 aliphatic heterocycles. The fourth-order valence-corrected chi connectivity index (χ4v) is 4.25. The molecule has 0 spiro atoms. The molecule has 0 unspecified atom stereocenters. The number of hydrogen-bond donors (Lipinski definition) is 0. The summed E-state index contributed by atoms with van der Waals surface area (Å²) in [6.45, 7) is 6.62. The van der Waals surface area contributed by atoms with E-state index in [2.05, 4.69) is 32.1 Å². The van der Waals surface area contributed by atoms with E-state index in [1.807, 2.05) is 6.07 Å². The molecule has 7 nitrogen and oxygen atoms in total. The molecule has 2 aromatic heterocycles. The zero-order chi connectivity index (χ0) is 18.8. The summed E-state index contributed by atoms with van der Waals surface area (Å²) < 4.78 is 0. The van der Waals surface area contributed by atoms with Crippen LogP contribution in [0.2, 0.25) is 0 Å². The number of hydrogen-bond acceptors (Lipinski definition) is 7. The largest absolute Gasteiger partial charge is 0.367 e. The van der Waals surface area contributed by atoms with Gasteiger partial charge in [0.15, 0.2) is 0 Å². The van der Waals surface area contributed by atoms with E-state index in [-0.39, 0.29) is 10.6 Å². The Labute approximate surface area is 161 Å². The average Bonchev–Trinajstić information content (AvgIpc) is 3.15. The Hall–Kier alpha value is -2.58. The average molecular weight is 383 g/mol. The normalized spacial score (nSPS) is 15.4. The summed E-state index contributed by atoms with van der Waals surface area (Å²) in [7, 11) is 0. The molecule has 0 N–H and O–H groups in total. The van der Waals surface area contributed by atoms with Gasteiger partial charge in [-0.1, -0.05) is 6.92 Å². The lowest BCUT2D eigenvalue weighted by molar-refractivity contribution is -0.383. The molecule has 0 bridgehead atoms. The van der Waals surface area contributed by atoms with Gasteiger partial charge in [-0.05, 0) is 24.6 Å². The second kappa shape index (κ2) is 7.58. The smallest absolute Gasteiger partial charge is 0.278 e. The number of nitrogens with zero attached hydrogens (tertiary/aromatic N) is 5. The number of non-ortho nitro benzene ring substituents is 1. The predicted octanol–water partition coefficient (Wildman–Crippen LogP) is 3.48. The third-order valence-corrected chi connectivity index (χ3v) is 5.96. The maximum absolute atomic E-state index is 11.3. The summed E-state index contributed by atoms with van der Waals surface area (Å²) in [6, 6.07) is 6.94. The van der Waals surface area contributed by atoms with Crippen LogP contribution in [0.25, 0.3) is 10.9 Å². The number of benzene rings is 1. The first kappa shape index (κ1) is 17.8. The highest BCUT2D eigenvalue weighted by Crippen LogP contribution is 2.32. The van der Waals surface area contributed by atoms with Crippen LogP contribution in [-0.4, -0.2) is 46.0 Å². The van der Waals surface area contributed by atoms with Crippen molar-refractivity contribution in [2.24, 2.45) is 0 Å². The number of aryl methyl sites for hydroxylation is 1. The van der Waals surface area contributed by atoms with Crippen molar-refractivity contribution in [2.45, 2.75) is 19.9 Å². The number of thiazole rings is 1. The standard InChI is InChI=1S/C19H21N5O2S/c1-2-18-21-14(13-27-18)12-22-8-10-23(11-9-22)17-6-5-16(24(25)26)15-4-3-7-20-19(15)17/h3-7,13H,2,8-12H2,1H3. The molecule has 1 saturated heterocycles. The van der Waals surface area contributed by atoms with Gasteiger partial charge < -0.3 is 4.90 Å². The number of fused-ring (bicyclic) bond motifs is 1. The first-order chi connectivity index (χ1) is 13.2. The molecule has 3 aromatic rings. The minimum absolute atomic E-state index is 0.107. The molecule has 1 fully saturated rings. The summed E-state index contributed by atoms with van der Waals surface area (Å²) in [5.74, 6) is 0. The van der Waals surface area contributed by atoms with E-state index in [0.717, 1.165) is 50.5 Å². The summed E-state index contributed by atoms with van der Waals surface area (Å²) >= 11 is 1.73. The van der Waals surface area contributed by atoms with Gasteiger partial charge in [-0.3, -0.25) is 20.0 Å². The number of nitro benzene ring substituents is 1. The maximum Gasteiger partial charge on any atom is 0.278 e. The van der Waals surface area contributed by atoms with Crippen molar-refractivity contribution in [1.29, 1.82) is 0 Å². The van der Waals surface area contributed by atoms with Gasteiger partial charge in [0.2, 0.25) is 0 Å². The SMILES string of the molecule is CCc1nc(CN2CCN(c3ccc([N+](=O)[O-])c4cccnc34)CC2)cs1. The second-order valence-electron chi connectivity index (χ2n) is 6.61. The van der Waals surface area contributed by atoms with Crippen LogP contribution in [0, 0.1) is 10.1 Å². The lowest BCUT2D eigenvalue weighted by atomic mass is 10.1. The third kappa shape index (κ3) is 3.63. The third-order valence-electron chi connectivity index (χ3n) is 4.92. The maximum atomic E-state index is 11.3. The molecule has 1 aromatic carbocycles. The van der Waals surface area contributed by atoms with E-state index >= 15 is 0 Å². The minimum atomic E-state index is -0.343. The van der Waals surface area contributed by atoms with Gasteiger partial charge in [0.05, 0.1) is 26.7 Å². The first-order valence-electron chi connectivity index (χ1n) is 9.08. The van der Waals surface area contributed by atoms with E-state index in [9.17, 15) is 10.1 Å². The predicted molar refractivity (Wildman–Crippen MR) is 107 cm³/mol. The molecule has 0 atom stereocenters. The number of nitro groups is 1. The van der Waals surface area contributed by atoms with Gasteiger partial charge in [-0.15, -0.1) is 11.3 Å². The summed E-state index contributed by atoms with van der Waals surface area (Å²) in [5, 5.41) is 15.2. The Balaban J connectivity index is 1.50. The lowest BCUT2D eigenvalue weighted by Gasteiger charge is -2.36. The first-order valence-corrected chi connectivity index (χ1v) is 9.96. The molecule has 1 aliphatic rings. The van der Waals surface area contributed by atoms with Crippen LogP contribution in [0.3, 0.4) is 0 Å². The molecular weight excluding hydrogens is 362 g/mol. The zero-order valence-electron chi connectivity index (χ0n) is 15.2. The molecule has 4 rings (SSSR count). The molecule has 0 aliphatic carbocycles. The fraction of sp³-hybridized carbons (Fsp3) is 0.368. The number of piperazine rings is 1. The van der Waals surface area contributed by atoms with E-state index in [4.69, 9.17) is 0 Å². The quantitative estimate of drug-likeness (QED) is 0.496. The minimum Gasteiger partial charge on any atom is -0.367 e. The van der Waals surface area contributed by atoms with E-state index in [1.54, 1.807) is 35.7 Å². The molecule has 0 radical (unpaired) electrons. The van der Waals surface area contributed by atoms with Crippen LogP contribution < -0.4 is 4.90 Å². The molecule has 0 amide bonds. The van der Waals surface area contributed by atoms with Crippen molar-refractivity contribution >= 4 is 33.6 Å². The summed E-state index contributed by atoms with van der Waals surface area (Å²) in [6.07, 6.45) is 2.68. The molecule has 0 saturated carbocycles. The Kier molecular flexibility index (Phi) is 5.00. The van der Waals surface area contributed by atoms with Crippen molar-refractivity contribution in [3.8, 4) is 0 Å². The monoisotopic (exact) mass is 383 g/mol. The van der Waals surface area contributed by atoms with Gasteiger partial charge in [0.25, 0.3) is 5.69 Å². The van der Waals surface area contributed by atoms with Crippen LogP contribution in [0.15, 0.2) is 35.8 Å². The second-order valence-corrected chi connectivity index (χ2v) is 7.55. The molecular formula is C19H21N5O2S. The van der Waals surface area contributed by atoms with Gasteiger partial charge in [-0.2, -0.15) is 0 Å². The van der Waals surface area contributed by atoms with Gasteiger partial charge in [0, 0.05) is 50.4 Å². The molecule has 8 heteroatoms. The Morgan fingerprint density at radius 2 is 2.04 bits per heavy atom. The van der Waals surface area contributed by atoms with Crippen molar-refractivity contribution in [2.75, 3.05) is 31.1 Å². The number of rotatable bonds is 5. The lowest BCUT2D eigenvalue weighted by Crippen LogP contribution is -2.46. The Morgan fingerprint density at radius 1 is 1.22 bits per heavy atom. The Morgan fingerprint density at radius 3 is 2.74 bits per heavy atom. The van der Waals surface area contributed by atoms with Gasteiger partial charge in [-0.25, -0.2) is 4.98 Å². The molecule has 27 heavy (non-hydrogen) atoms. The summed E-state index contributed by atoms with van der Waals surface area (Å²) in [4.78, 5) is 24.7. The molecule has 3 heterocycles. The zero-order valence-corrected chi connectivity index (χ0v) is 16.0. The number of pyridine rings is 1. The van der Waals surface area contributed by atoms with Crippen LogP contribution >= 0.6 is 11.3 Å². The van der Waals surface area contributed by atoms with Crippen molar-refractivity contribution < 1.29 is 4.92 Å². The topological polar surface area (TPSA) is 75.4 Å². The van der Waals surface area contributed by atoms with Crippen LogP contribution in [0.5, 0.6) is 0 Å². The van der Waals surface area contributed by atoms with Crippen molar-refractivity contribution in [1.82, 2.24) is 14.9 Å². The van der Waals surface area contributed by atoms with Crippen LogP contribution in [0.4, 0.5) is 11.4 Å². The highest BCUT2D eigenvalue weighted by Gasteiger charge is 2.22. The van der Waals surface area contributed by atoms with E-state index in [1.165, 1.54) is 5.01 Å². The van der Waals surface area contributed by atoms with Crippen LogP contribution in [-0.2, 0) is 13.0 Å². The molecule has 140 valence electrons. The highest BCUT2D eigenvalue weighted by atomic mass is 32.1. The van der Waals surface area contributed by atoms with Crippen molar-refractivity contribution in [3.05, 3.63) is 56.7 Å². The van der Waals surface area contributed by atoms with Crippen LogP contribution in [0.1, 0.15) is 17.6 Å². The highest BCUT2D eigenvalue weighted by molar-refractivity contribution is 7.09. The van der Waals surface area contributed by atoms with E-state index < -0.39 is 0 Å². The van der Waals surface area contributed by atoms with E-state index in [0.29, 0.717) is 10.9 Å². The summed E-state index contributed by atoms with van der Waals surface area (Å²) in [5.41, 5.74) is 2.92. The fourth-order valence-electron chi connectivity index (χ4n) is 3.52.